The minimum absolute atomic E-state index is 0.253. The van der Waals surface area contributed by atoms with Gasteiger partial charge in [0.2, 0.25) is 5.71 Å². The minimum atomic E-state index is -1.08. The van der Waals surface area contributed by atoms with E-state index >= 15 is 0 Å². The van der Waals surface area contributed by atoms with Crippen molar-refractivity contribution in [1.82, 2.24) is 0 Å². The number of nitrogens with one attached hydrogen (secondary N) is 2. The number of carboxylic acids is 1. The molecule has 0 bridgehead atoms. The molecule has 0 unspecified atom stereocenters. The fraction of sp³-hybridized carbons (Fsp3) is 0.0909. The summed E-state index contributed by atoms with van der Waals surface area (Å²) < 4.78 is 4.97. The molecular formula is C11H11N5O3. The van der Waals surface area contributed by atoms with Gasteiger partial charge in [0.15, 0.2) is 12.4 Å². The Balaban J connectivity index is 2.75. The van der Waals surface area contributed by atoms with Crippen molar-refractivity contribution in [2.75, 3.05) is 12.0 Å². The van der Waals surface area contributed by atoms with E-state index in [0.717, 1.165) is 0 Å². The van der Waals surface area contributed by atoms with E-state index in [4.69, 9.17) is 26.2 Å². The quantitative estimate of drug-likeness (QED) is 0.331. The highest BCUT2D eigenvalue weighted by Gasteiger charge is 2.02. The number of hydrazone groups is 1. The largest absolute Gasteiger partial charge is 0.482 e. The summed E-state index contributed by atoms with van der Waals surface area (Å²) in [7, 11) is 0. The normalized spacial score (nSPS) is 10.4. The van der Waals surface area contributed by atoms with Gasteiger partial charge in [-0.1, -0.05) is 6.07 Å². The fourth-order valence-electron chi connectivity index (χ4n) is 1.07. The SMILES string of the molecule is N#C/C(=N\Nc1cccc(OCC(=O)O)c1)C(=N)N. The van der Waals surface area contributed by atoms with Crippen molar-refractivity contribution in [2.45, 2.75) is 0 Å². The predicted octanol–water partition coefficient (Wildman–Crippen LogP) is 0.377. The molecule has 0 amide bonds. The molecule has 0 aliphatic carbocycles. The number of nitriles is 1. The van der Waals surface area contributed by atoms with Crippen LogP contribution in [-0.2, 0) is 4.79 Å². The van der Waals surface area contributed by atoms with Crippen LogP contribution in [0.2, 0.25) is 0 Å². The van der Waals surface area contributed by atoms with E-state index < -0.39 is 18.4 Å². The average molecular weight is 261 g/mol. The van der Waals surface area contributed by atoms with E-state index in [9.17, 15) is 4.79 Å². The van der Waals surface area contributed by atoms with Crippen LogP contribution in [0.4, 0.5) is 5.69 Å². The summed E-state index contributed by atoms with van der Waals surface area (Å²) in [6.07, 6.45) is 0. The van der Waals surface area contributed by atoms with Crippen molar-refractivity contribution < 1.29 is 14.6 Å². The molecule has 8 nitrogen and oxygen atoms in total. The van der Waals surface area contributed by atoms with Gasteiger partial charge in [0.25, 0.3) is 0 Å². The number of nitrogens with two attached hydrogens (primary N) is 1. The minimum Gasteiger partial charge on any atom is -0.482 e. The molecule has 0 aliphatic heterocycles. The second-order valence-corrected chi connectivity index (χ2v) is 3.31. The Kier molecular flexibility index (Phi) is 4.86. The van der Waals surface area contributed by atoms with Crippen molar-refractivity contribution in [3.8, 4) is 11.8 Å². The molecule has 0 heterocycles. The Morgan fingerprint density at radius 1 is 1.63 bits per heavy atom. The highest BCUT2D eigenvalue weighted by Crippen LogP contribution is 2.17. The number of nitrogens with zero attached hydrogens (tertiary/aromatic N) is 2. The molecular weight excluding hydrogens is 250 g/mol. The molecule has 98 valence electrons. The first-order chi connectivity index (χ1) is 9.02. The number of amidine groups is 1. The third-order valence-electron chi connectivity index (χ3n) is 1.85. The second kappa shape index (κ2) is 6.61. The number of benzene rings is 1. The maximum Gasteiger partial charge on any atom is 0.341 e. The standard InChI is InChI=1S/C11H11N5O3/c12-5-9(11(13)14)16-15-7-2-1-3-8(4-7)19-6-10(17)18/h1-4,15H,6H2,(H3,13,14)(H,17,18)/b16-9+. The van der Waals surface area contributed by atoms with E-state index in [1.165, 1.54) is 6.07 Å². The van der Waals surface area contributed by atoms with E-state index in [2.05, 4.69) is 10.5 Å². The first-order valence-electron chi connectivity index (χ1n) is 5.05. The lowest BCUT2D eigenvalue weighted by Crippen LogP contribution is -2.21. The van der Waals surface area contributed by atoms with Gasteiger partial charge in [0.05, 0.1) is 5.69 Å². The van der Waals surface area contributed by atoms with Crippen molar-refractivity contribution in [2.24, 2.45) is 10.8 Å². The number of ether oxygens (including phenoxy) is 1. The molecule has 0 radical (unpaired) electrons. The molecule has 1 aromatic carbocycles. The Morgan fingerprint density at radius 2 is 2.37 bits per heavy atom. The van der Waals surface area contributed by atoms with Gasteiger partial charge in [-0.3, -0.25) is 10.8 Å². The van der Waals surface area contributed by atoms with E-state index in [1.54, 1.807) is 24.3 Å². The van der Waals surface area contributed by atoms with Crippen LogP contribution < -0.4 is 15.9 Å². The molecule has 8 heteroatoms. The van der Waals surface area contributed by atoms with Gasteiger partial charge >= 0.3 is 5.97 Å². The predicted molar refractivity (Wildman–Crippen MR) is 68.2 cm³/mol. The molecule has 0 aliphatic rings. The second-order valence-electron chi connectivity index (χ2n) is 3.31. The molecule has 0 fully saturated rings. The lowest BCUT2D eigenvalue weighted by Gasteiger charge is -2.05. The molecule has 5 N–H and O–H groups in total. The van der Waals surface area contributed by atoms with Crippen LogP contribution in [0.5, 0.6) is 5.75 Å². The van der Waals surface area contributed by atoms with Gasteiger partial charge in [-0.05, 0) is 12.1 Å². The van der Waals surface area contributed by atoms with Crippen LogP contribution in [-0.4, -0.2) is 29.2 Å². The Bertz CT molecular complexity index is 562. The summed E-state index contributed by atoms with van der Waals surface area (Å²) in [6.45, 7) is -0.455. The first-order valence-corrected chi connectivity index (χ1v) is 5.05. The lowest BCUT2D eigenvalue weighted by molar-refractivity contribution is -0.139. The zero-order chi connectivity index (χ0) is 14.3. The molecule has 19 heavy (non-hydrogen) atoms. The number of aliphatic carboxylic acids is 1. The van der Waals surface area contributed by atoms with Gasteiger partial charge in [-0.25, -0.2) is 4.79 Å². The molecule has 0 saturated carbocycles. The van der Waals surface area contributed by atoms with Crippen LogP contribution in [0.25, 0.3) is 0 Å². The topological polar surface area (TPSA) is 145 Å². The molecule has 0 spiro atoms. The Labute approximate surface area is 108 Å². The maximum atomic E-state index is 10.4. The zero-order valence-electron chi connectivity index (χ0n) is 9.75. The van der Waals surface area contributed by atoms with Gasteiger partial charge in [-0.2, -0.15) is 10.4 Å². The lowest BCUT2D eigenvalue weighted by atomic mass is 10.3. The smallest absolute Gasteiger partial charge is 0.341 e. The first kappa shape index (κ1) is 14.0. The van der Waals surface area contributed by atoms with Crippen LogP contribution in [0.15, 0.2) is 29.4 Å². The molecule has 1 aromatic rings. The number of hydrogen-bond donors (Lipinski definition) is 4. The van der Waals surface area contributed by atoms with Crippen molar-refractivity contribution in [3.63, 3.8) is 0 Å². The van der Waals surface area contributed by atoms with Crippen LogP contribution in [0, 0.1) is 16.7 Å². The summed E-state index contributed by atoms with van der Waals surface area (Å²) in [5.74, 6) is -1.20. The van der Waals surface area contributed by atoms with E-state index in [0.29, 0.717) is 11.4 Å². The van der Waals surface area contributed by atoms with Crippen LogP contribution >= 0.6 is 0 Å². The van der Waals surface area contributed by atoms with Gasteiger partial charge in [0.1, 0.15) is 11.8 Å². The van der Waals surface area contributed by atoms with E-state index in [-0.39, 0.29) is 5.71 Å². The van der Waals surface area contributed by atoms with Crippen molar-refractivity contribution in [3.05, 3.63) is 24.3 Å². The van der Waals surface area contributed by atoms with Crippen molar-refractivity contribution >= 4 is 23.2 Å². The number of rotatable bonds is 6. The third-order valence-corrected chi connectivity index (χ3v) is 1.85. The highest BCUT2D eigenvalue weighted by molar-refractivity contribution is 6.45. The van der Waals surface area contributed by atoms with Crippen LogP contribution in [0.1, 0.15) is 0 Å². The summed E-state index contributed by atoms with van der Waals surface area (Å²) in [5.41, 5.74) is 7.86. The summed E-state index contributed by atoms with van der Waals surface area (Å²) in [5, 5.41) is 27.8. The summed E-state index contributed by atoms with van der Waals surface area (Å²) in [6, 6.07) is 7.99. The summed E-state index contributed by atoms with van der Waals surface area (Å²) >= 11 is 0. The van der Waals surface area contributed by atoms with Gasteiger partial charge in [-0.15, -0.1) is 0 Å². The van der Waals surface area contributed by atoms with E-state index in [1.807, 2.05) is 0 Å². The maximum absolute atomic E-state index is 10.4. The zero-order valence-corrected chi connectivity index (χ0v) is 9.75. The third kappa shape index (κ3) is 4.74. The fourth-order valence-corrected chi connectivity index (χ4v) is 1.07. The summed E-state index contributed by atoms with van der Waals surface area (Å²) in [4.78, 5) is 10.4. The van der Waals surface area contributed by atoms with Crippen LogP contribution in [0.3, 0.4) is 0 Å². The molecule has 0 atom stereocenters. The molecule has 1 rings (SSSR count). The monoisotopic (exact) mass is 261 g/mol. The Morgan fingerprint density at radius 3 is 2.95 bits per heavy atom. The number of hydrogen-bond acceptors (Lipinski definition) is 6. The van der Waals surface area contributed by atoms with Gasteiger partial charge in [0, 0.05) is 6.07 Å². The molecule has 0 saturated heterocycles. The van der Waals surface area contributed by atoms with Gasteiger partial charge < -0.3 is 15.6 Å². The highest BCUT2D eigenvalue weighted by atomic mass is 16.5. The van der Waals surface area contributed by atoms with Crippen molar-refractivity contribution in [1.29, 1.82) is 10.7 Å². The number of anilines is 1. The number of carbonyl (C=O) groups is 1. The average Bonchev–Trinajstić information content (AvgIpc) is 2.37. The number of carboxylic acid groups (broad SMARTS) is 1. The Hall–Kier alpha value is -3.08. The molecule has 0 aromatic heterocycles.